The molecule has 118 valence electrons. The number of morpholine rings is 1. The molecule has 1 aromatic carbocycles. The number of rotatable bonds is 6. The minimum atomic E-state index is -0.421. The fraction of sp³-hybridized carbons (Fsp3) is 0.467. The molecule has 1 aliphatic rings. The zero-order valence-corrected chi connectivity index (χ0v) is 13.0. The summed E-state index contributed by atoms with van der Waals surface area (Å²) in [5.74, 6) is 1.04. The molecular weight excluding hydrogens is 302 g/mol. The fourth-order valence-corrected chi connectivity index (χ4v) is 2.94. The number of aromatic nitrogens is 2. The van der Waals surface area contributed by atoms with Crippen molar-refractivity contribution in [2.45, 2.75) is 11.3 Å². The molecule has 0 spiro atoms. The van der Waals surface area contributed by atoms with Gasteiger partial charge in [0.05, 0.1) is 19.3 Å². The molecule has 0 amide bonds. The molecule has 1 atom stereocenters. The van der Waals surface area contributed by atoms with Crippen molar-refractivity contribution in [3.63, 3.8) is 0 Å². The van der Waals surface area contributed by atoms with E-state index in [2.05, 4.69) is 15.1 Å². The molecule has 1 aromatic heterocycles. The van der Waals surface area contributed by atoms with Crippen LogP contribution < -0.4 is 0 Å². The van der Waals surface area contributed by atoms with Crippen molar-refractivity contribution in [1.82, 2.24) is 15.1 Å². The molecule has 1 fully saturated rings. The molecule has 1 aliphatic heterocycles. The van der Waals surface area contributed by atoms with Crippen LogP contribution in [-0.4, -0.2) is 64.9 Å². The van der Waals surface area contributed by atoms with Gasteiger partial charge in [0, 0.05) is 31.0 Å². The van der Waals surface area contributed by atoms with Crippen LogP contribution in [0.25, 0.3) is 11.5 Å². The minimum Gasteiger partial charge on any atom is -0.411 e. The summed E-state index contributed by atoms with van der Waals surface area (Å²) in [5.41, 5.74) is 0.899. The van der Waals surface area contributed by atoms with Gasteiger partial charge in [-0.15, -0.1) is 10.2 Å². The Bertz CT molecular complexity index is 572. The second kappa shape index (κ2) is 7.73. The Morgan fingerprint density at radius 2 is 1.95 bits per heavy atom. The van der Waals surface area contributed by atoms with Crippen molar-refractivity contribution in [2.75, 3.05) is 38.6 Å². The maximum atomic E-state index is 10.1. The van der Waals surface area contributed by atoms with E-state index in [9.17, 15) is 5.11 Å². The normalized spacial score (nSPS) is 17.5. The van der Waals surface area contributed by atoms with Crippen LogP contribution in [0.1, 0.15) is 0 Å². The van der Waals surface area contributed by atoms with Crippen LogP contribution in [0.3, 0.4) is 0 Å². The van der Waals surface area contributed by atoms with Gasteiger partial charge in [-0.3, -0.25) is 4.90 Å². The van der Waals surface area contributed by atoms with Crippen LogP contribution in [0.2, 0.25) is 0 Å². The molecule has 2 aromatic rings. The quantitative estimate of drug-likeness (QED) is 0.809. The second-order valence-electron chi connectivity index (χ2n) is 5.12. The summed E-state index contributed by atoms with van der Waals surface area (Å²) in [6.45, 7) is 3.88. The Hall–Kier alpha value is -1.41. The van der Waals surface area contributed by atoms with Crippen LogP contribution in [-0.2, 0) is 4.74 Å². The van der Waals surface area contributed by atoms with Gasteiger partial charge in [0.2, 0.25) is 5.89 Å². The third-order valence-electron chi connectivity index (χ3n) is 3.40. The first kappa shape index (κ1) is 15.5. The van der Waals surface area contributed by atoms with Crippen molar-refractivity contribution in [3.8, 4) is 11.5 Å². The molecular formula is C15H19N3O3S. The van der Waals surface area contributed by atoms with Gasteiger partial charge in [0.25, 0.3) is 5.22 Å². The Morgan fingerprint density at radius 3 is 2.73 bits per heavy atom. The second-order valence-corrected chi connectivity index (χ2v) is 6.09. The summed E-state index contributed by atoms with van der Waals surface area (Å²) < 4.78 is 10.9. The number of aliphatic hydroxyl groups is 1. The Labute approximate surface area is 133 Å². The number of thioether (sulfide) groups is 1. The number of aliphatic hydroxyl groups excluding tert-OH is 1. The lowest BCUT2D eigenvalue weighted by molar-refractivity contribution is 0.0188. The number of benzene rings is 1. The molecule has 22 heavy (non-hydrogen) atoms. The summed E-state index contributed by atoms with van der Waals surface area (Å²) in [7, 11) is 0. The summed E-state index contributed by atoms with van der Waals surface area (Å²) in [4.78, 5) is 2.21. The fourth-order valence-electron chi connectivity index (χ4n) is 2.27. The standard InChI is InChI=1S/C15H19N3O3S/c19-13(10-18-6-8-20-9-7-18)11-22-15-17-16-14(21-15)12-4-2-1-3-5-12/h1-5,13,19H,6-11H2/t13-/m0/s1. The average Bonchev–Trinajstić information content (AvgIpc) is 3.04. The maximum absolute atomic E-state index is 10.1. The van der Waals surface area contributed by atoms with Crippen molar-refractivity contribution >= 4 is 11.8 Å². The predicted octanol–water partition coefficient (Wildman–Crippen LogP) is 1.52. The van der Waals surface area contributed by atoms with Gasteiger partial charge in [-0.05, 0) is 12.1 Å². The molecule has 0 radical (unpaired) electrons. The van der Waals surface area contributed by atoms with E-state index < -0.39 is 6.10 Å². The molecule has 3 rings (SSSR count). The Kier molecular flexibility index (Phi) is 5.44. The lowest BCUT2D eigenvalue weighted by Gasteiger charge is -2.28. The van der Waals surface area contributed by atoms with Crippen molar-refractivity contribution in [3.05, 3.63) is 30.3 Å². The van der Waals surface area contributed by atoms with Gasteiger partial charge in [0.1, 0.15) is 0 Å². The molecule has 0 unspecified atom stereocenters. The zero-order valence-electron chi connectivity index (χ0n) is 12.2. The summed E-state index contributed by atoms with van der Waals surface area (Å²) >= 11 is 1.38. The zero-order chi connectivity index (χ0) is 15.2. The van der Waals surface area contributed by atoms with Crippen LogP contribution in [0, 0.1) is 0 Å². The van der Waals surface area contributed by atoms with Gasteiger partial charge in [0.15, 0.2) is 0 Å². The van der Waals surface area contributed by atoms with Crippen LogP contribution in [0.15, 0.2) is 40.0 Å². The smallest absolute Gasteiger partial charge is 0.276 e. The highest BCUT2D eigenvalue weighted by atomic mass is 32.2. The molecule has 0 bridgehead atoms. The monoisotopic (exact) mass is 321 g/mol. The number of ether oxygens (including phenoxy) is 1. The molecule has 0 saturated carbocycles. The lowest BCUT2D eigenvalue weighted by atomic mass is 10.2. The molecule has 0 aliphatic carbocycles. The van der Waals surface area contributed by atoms with E-state index in [1.807, 2.05) is 30.3 Å². The van der Waals surface area contributed by atoms with Gasteiger partial charge in [-0.2, -0.15) is 0 Å². The van der Waals surface area contributed by atoms with E-state index in [-0.39, 0.29) is 0 Å². The first-order chi connectivity index (χ1) is 10.8. The van der Waals surface area contributed by atoms with Crippen LogP contribution >= 0.6 is 11.8 Å². The van der Waals surface area contributed by atoms with Crippen molar-refractivity contribution in [1.29, 1.82) is 0 Å². The number of hydrogen-bond donors (Lipinski definition) is 1. The van der Waals surface area contributed by atoms with E-state index >= 15 is 0 Å². The number of β-amino-alcohol motifs (C(OH)–C–C–N with tert-alkyl or cyclic N) is 1. The highest BCUT2D eigenvalue weighted by Crippen LogP contribution is 2.23. The molecule has 2 heterocycles. The van der Waals surface area contributed by atoms with Crippen LogP contribution in [0.4, 0.5) is 0 Å². The van der Waals surface area contributed by atoms with Gasteiger partial charge in [-0.25, -0.2) is 0 Å². The molecule has 7 heteroatoms. The first-order valence-electron chi connectivity index (χ1n) is 7.31. The maximum Gasteiger partial charge on any atom is 0.276 e. The van der Waals surface area contributed by atoms with E-state index in [0.717, 1.165) is 31.9 Å². The highest BCUT2D eigenvalue weighted by Gasteiger charge is 2.16. The van der Waals surface area contributed by atoms with E-state index in [4.69, 9.17) is 9.15 Å². The molecule has 1 saturated heterocycles. The largest absolute Gasteiger partial charge is 0.411 e. The molecule has 6 nitrogen and oxygen atoms in total. The summed E-state index contributed by atoms with van der Waals surface area (Å²) in [6.07, 6.45) is -0.421. The summed E-state index contributed by atoms with van der Waals surface area (Å²) in [6, 6.07) is 9.65. The predicted molar refractivity (Wildman–Crippen MR) is 83.7 cm³/mol. The Balaban J connectivity index is 1.48. The SMILES string of the molecule is O[C@H](CSc1nnc(-c2ccccc2)o1)CN1CCOCC1. The highest BCUT2D eigenvalue weighted by molar-refractivity contribution is 7.99. The third-order valence-corrected chi connectivity index (χ3v) is 4.36. The van der Waals surface area contributed by atoms with Crippen LogP contribution in [0.5, 0.6) is 0 Å². The van der Waals surface area contributed by atoms with Gasteiger partial charge < -0.3 is 14.3 Å². The minimum absolute atomic E-state index is 0.421. The average molecular weight is 321 g/mol. The van der Waals surface area contributed by atoms with E-state index in [1.54, 1.807) is 0 Å². The molecule has 1 N–H and O–H groups in total. The summed E-state index contributed by atoms with van der Waals surface area (Å²) in [5, 5.41) is 18.6. The van der Waals surface area contributed by atoms with Gasteiger partial charge >= 0.3 is 0 Å². The van der Waals surface area contributed by atoms with Gasteiger partial charge in [-0.1, -0.05) is 30.0 Å². The Morgan fingerprint density at radius 1 is 1.18 bits per heavy atom. The van der Waals surface area contributed by atoms with Crippen molar-refractivity contribution < 1.29 is 14.3 Å². The lowest BCUT2D eigenvalue weighted by Crippen LogP contribution is -2.41. The topological polar surface area (TPSA) is 71.6 Å². The van der Waals surface area contributed by atoms with E-state index in [1.165, 1.54) is 11.8 Å². The number of nitrogens with zero attached hydrogens (tertiary/aromatic N) is 3. The number of hydrogen-bond acceptors (Lipinski definition) is 7. The van der Waals surface area contributed by atoms with E-state index in [0.29, 0.717) is 23.4 Å². The third kappa shape index (κ3) is 4.30. The first-order valence-corrected chi connectivity index (χ1v) is 8.30. The van der Waals surface area contributed by atoms with Crippen molar-refractivity contribution in [2.24, 2.45) is 0 Å².